The maximum atomic E-state index is 12.1. The lowest BCUT2D eigenvalue weighted by molar-refractivity contribution is 0.0590. The highest BCUT2D eigenvalue weighted by Gasteiger charge is 2.27. The van der Waals surface area contributed by atoms with Gasteiger partial charge in [0.25, 0.3) is 10.0 Å². The first-order valence-electron chi connectivity index (χ1n) is 4.92. The number of carbonyl (C=O) groups is 1. The summed E-state index contributed by atoms with van der Waals surface area (Å²) in [6, 6.07) is 1.41. The molecule has 0 aliphatic carbocycles. The second kappa shape index (κ2) is 4.97. The number of hydrogen-bond acceptors (Lipinski definition) is 8. The third-order valence-corrected chi connectivity index (χ3v) is 4.75. The number of sulfonamides is 1. The lowest BCUT2D eigenvalue weighted by atomic mass is 10.5. The van der Waals surface area contributed by atoms with Crippen LogP contribution in [0.3, 0.4) is 0 Å². The third kappa shape index (κ3) is 2.74. The standard InChI is InChI=1S/C9H9N3O5S2/c1-5-3-6(11-17-5)12-19(14,15)9-7(8(13)16-2)10-4-18-9/h3-4H,1-2H3,(H,11,12). The summed E-state index contributed by atoms with van der Waals surface area (Å²) in [4.78, 5) is 15.1. The van der Waals surface area contributed by atoms with Crippen LogP contribution in [-0.2, 0) is 14.8 Å². The summed E-state index contributed by atoms with van der Waals surface area (Å²) in [6.07, 6.45) is 0. The first-order valence-corrected chi connectivity index (χ1v) is 7.28. The highest BCUT2D eigenvalue weighted by molar-refractivity contribution is 7.94. The average Bonchev–Trinajstić information content (AvgIpc) is 2.97. The van der Waals surface area contributed by atoms with Gasteiger partial charge in [-0.15, -0.1) is 11.3 Å². The Morgan fingerprint density at radius 1 is 1.53 bits per heavy atom. The van der Waals surface area contributed by atoms with E-state index in [2.05, 4.69) is 19.6 Å². The molecule has 0 saturated carbocycles. The Morgan fingerprint density at radius 2 is 2.26 bits per heavy atom. The molecule has 0 aliphatic heterocycles. The van der Waals surface area contributed by atoms with E-state index in [0.29, 0.717) is 5.76 Å². The van der Waals surface area contributed by atoms with E-state index in [4.69, 9.17) is 4.52 Å². The van der Waals surface area contributed by atoms with Crippen molar-refractivity contribution < 1.29 is 22.5 Å². The van der Waals surface area contributed by atoms with Crippen molar-refractivity contribution in [2.45, 2.75) is 11.1 Å². The normalized spacial score (nSPS) is 11.3. The van der Waals surface area contributed by atoms with Gasteiger partial charge in [0, 0.05) is 6.07 Å². The van der Waals surface area contributed by atoms with E-state index < -0.39 is 16.0 Å². The van der Waals surface area contributed by atoms with Gasteiger partial charge in [0.15, 0.2) is 15.7 Å². The smallest absolute Gasteiger partial charge is 0.358 e. The number of hydrogen-bond donors (Lipinski definition) is 1. The minimum atomic E-state index is -3.96. The second-order valence-corrected chi connectivity index (χ2v) is 6.14. The number of methoxy groups -OCH3 is 1. The molecule has 0 fully saturated rings. The molecule has 2 aromatic rings. The number of aromatic nitrogens is 2. The van der Waals surface area contributed by atoms with Gasteiger partial charge in [-0.25, -0.2) is 18.2 Å². The number of anilines is 1. The number of nitrogens with zero attached hydrogens (tertiary/aromatic N) is 2. The number of aryl methyl sites for hydroxylation is 1. The summed E-state index contributed by atoms with van der Waals surface area (Å²) >= 11 is 0.805. The van der Waals surface area contributed by atoms with Gasteiger partial charge in [0.2, 0.25) is 0 Å². The van der Waals surface area contributed by atoms with Crippen LogP contribution in [0.2, 0.25) is 0 Å². The molecular formula is C9H9N3O5S2. The van der Waals surface area contributed by atoms with Crippen LogP contribution in [0.1, 0.15) is 16.2 Å². The van der Waals surface area contributed by atoms with E-state index in [1.54, 1.807) is 6.92 Å². The molecule has 0 bridgehead atoms. The van der Waals surface area contributed by atoms with E-state index >= 15 is 0 Å². The van der Waals surface area contributed by atoms with Crippen molar-refractivity contribution in [2.24, 2.45) is 0 Å². The average molecular weight is 303 g/mol. The maximum Gasteiger partial charge on any atom is 0.358 e. The highest BCUT2D eigenvalue weighted by Crippen LogP contribution is 2.23. The van der Waals surface area contributed by atoms with Crippen molar-refractivity contribution in [2.75, 3.05) is 11.8 Å². The Balaban J connectivity index is 2.35. The fourth-order valence-corrected chi connectivity index (χ4v) is 3.37. The van der Waals surface area contributed by atoms with Crippen molar-refractivity contribution >= 4 is 33.1 Å². The molecule has 8 nitrogen and oxygen atoms in total. The molecule has 2 aromatic heterocycles. The SMILES string of the molecule is COC(=O)c1ncsc1S(=O)(=O)Nc1cc(C)on1. The Kier molecular flexibility index (Phi) is 3.53. The fourth-order valence-electron chi connectivity index (χ4n) is 1.26. The van der Waals surface area contributed by atoms with Crippen LogP contribution >= 0.6 is 11.3 Å². The second-order valence-electron chi connectivity index (χ2n) is 3.41. The fraction of sp³-hybridized carbons (Fsp3) is 0.222. The van der Waals surface area contributed by atoms with Crippen LogP contribution in [-0.4, -0.2) is 31.6 Å². The van der Waals surface area contributed by atoms with Crippen LogP contribution in [0.15, 0.2) is 20.3 Å². The van der Waals surface area contributed by atoms with E-state index in [-0.39, 0.29) is 15.7 Å². The maximum absolute atomic E-state index is 12.1. The molecule has 2 heterocycles. The quantitative estimate of drug-likeness (QED) is 0.839. The first kappa shape index (κ1) is 13.5. The topological polar surface area (TPSA) is 111 Å². The Bertz CT molecular complexity index is 703. The number of rotatable bonds is 4. The van der Waals surface area contributed by atoms with Crippen LogP contribution < -0.4 is 4.72 Å². The molecule has 0 unspecified atom stereocenters. The van der Waals surface area contributed by atoms with E-state index in [1.807, 2.05) is 0 Å². The zero-order valence-electron chi connectivity index (χ0n) is 9.91. The molecule has 0 aromatic carbocycles. The Labute approximate surface area is 112 Å². The predicted molar refractivity (Wildman–Crippen MR) is 65.5 cm³/mol. The Hall–Kier alpha value is -1.94. The highest BCUT2D eigenvalue weighted by atomic mass is 32.2. The van der Waals surface area contributed by atoms with Crippen molar-refractivity contribution in [3.05, 3.63) is 23.0 Å². The molecule has 0 radical (unpaired) electrons. The van der Waals surface area contributed by atoms with Crippen molar-refractivity contribution in [3.8, 4) is 0 Å². The molecule has 0 saturated heterocycles. The van der Waals surface area contributed by atoms with Gasteiger partial charge in [0.05, 0.1) is 12.6 Å². The summed E-state index contributed by atoms with van der Waals surface area (Å²) in [6.45, 7) is 1.62. The molecular weight excluding hydrogens is 294 g/mol. The minimum absolute atomic E-state index is 0.0294. The Morgan fingerprint density at radius 3 is 2.84 bits per heavy atom. The minimum Gasteiger partial charge on any atom is -0.464 e. The molecule has 0 amide bonds. The summed E-state index contributed by atoms with van der Waals surface area (Å²) in [7, 11) is -2.81. The predicted octanol–water partition coefficient (Wildman–Crippen LogP) is 1.03. The van der Waals surface area contributed by atoms with Crippen LogP contribution in [0, 0.1) is 6.92 Å². The summed E-state index contributed by atoms with van der Waals surface area (Å²) < 4.78 is 35.3. The largest absolute Gasteiger partial charge is 0.464 e. The van der Waals surface area contributed by atoms with E-state index in [9.17, 15) is 13.2 Å². The molecule has 1 N–H and O–H groups in total. The van der Waals surface area contributed by atoms with E-state index in [1.165, 1.54) is 11.6 Å². The zero-order chi connectivity index (χ0) is 14.0. The zero-order valence-corrected chi connectivity index (χ0v) is 11.5. The number of thiazole rings is 1. The number of ether oxygens (including phenoxy) is 1. The molecule has 0 spiro atoms. The first-order chi connectivity index (χ1) is 8.94. The monoisotopic (exact) mass is 303 g/mol. The van der Waals surface area contributed by atoms with Crippen molar-refractivity contribution in [1.82, 2.24) is 10.1 Å². The molecule has 102 valence electrons. The number of carbonyl (C=O) groups excluding carboxylic acids is 1. The third-order valence-electron chi connectivity index (χ3n) is 2.02. The van der Waals surface area contributed by atoms with Crippen LogP contribution in [0.5, 0.6) is 0 Å². The summed E-state index contributed by atoms with van der Waals surface area (Å²) in [5.41, 5.74) is 0.981. The van der Waals surface area contributed by atoms with E-state index in [0.717, 1.165) is 18.4 Å². The molecule has 0 aliphatic rings. The van der Waals surface area contributed by atoms with Crippen LogP contribution in [0.4, 0.5) is 5.82 Å². The summed E-state index contributed by atoms with van der Waals surface area (Å²) in [5, 5.41) is 3.51. The van der Waals surface area contributed by atoms with Gasteiger partial charge in [-0.05, 0) is 6.92 Å². The van der Waals surface area contributed by atoms with Gasteiger partial charge in [-0.3, -0.25) is 4.72 Å². The number of esters is 1. The van der Waals surface area contributed by atoms with Gasteiger partial charge < -0.3 is 9.26 Å². The van der Waals surface area contributed by atoms with Gasteiger partial charge in [0.1, 0.15) is 5.76 Å². The molecule has 19 heavy (non-hydrogen) atoms. The molecule has 2 rings (SSSR count). The molecule has 0 atom stereocenters. The lowest BCUT2D eigenvalue weighted by Gasteiger charge is -2.03. The summed E-state index contributed by atoms with van der Waals surface area (Å²) in [5.74, 6) is -0.338. The van der Waals surface area contributed by atoms with Crippen LogP contribution in [0.25, 0.3) is 0 Å². The van der Waals surface area contributed by atoms with Gasteiger partial charge >= 0.3 is 5.97 Å². The van der Waals surface area contributed by atoms with Crippen molar-refractivity contribution in [3.63, 3.8) is 0 Å². The number of nitrogens with one attached hydrogen (secondary N) is 1. The van der Waals surface area contributed by atoms with Gasteiger partial charge in [-0.2, -0.15) is 0 Å². The molecule has 10 heteroatoms. The lowest BCUT2D eigenvalue weighted by Crippen LogP contribution is -2.16. The van der Waals surface area contributed by atoms with Gasteiger partial charge in [-0.1, -0.05) is 5.16 Å². The van der Waals surface area contributed by atoms with Crippen molar-refractivity contribution in [1.29, 1.82) is 0 Å².